The van der Waals surface area contributed by atoms with Crippen molar-refractivity contribution < 1.29 is 14.3 Å². The molecule has 5 heteroatoms. The maximum atomic E-state index is 13.1. The molecule has 0 aliphatic carbocycles. The minimum absolute atomic E-state index is 0.337. The summed E-state index contributed by atoms with van der Waals surface area (Å²) in [5.74, 6) is -0.255. The Hall–Kier alpha value is -2.82. The van der Waals surface area contributed by atoms with Crippen molar-refractivity contribution >= 4 is 23.2 Å². The molecule has 0 fully saturated rings. The normalized spacial score (nSPS) is 21.6. The number of hydrogen-bond donors (Lipinski definition) is 1. The van der Waals surface area contributed by atoms with Gasteiger partial charge in [0.15, 0.2) is 0 Å². The van der Waals surface area contributed by atoms with E-state index in [2.05, 4.69) is 5.32 Å². The lowest BCUT2D eigenvalue weighted by Gasteiger charge is -2.36. The molecule has 2 heterocycles. The Bertz CT molecular complexity index is 861. The number of benzene rings is 2. The van der Waals surface area contributed by atoms with Crippen molar-refractivity contribution in [3.63, 3.8) is 0 Å². The maximum Gasteiger partial charge on any atom is 0.280 e. The molecular weight excluding hydrogens is 304 g/mol. The summed E-state index contributed by atoms with van der Waals surface area (Å²) in [5, 5.41) is 2.81. The molecule has 24 heavy (non-hydrogen) atoms. The first-order chi connectivity index (χ1) is 11.5. The summed E-state index contributed by atoms with van der Waals surface area (Å²) in [7, 11) is 0. The van der Waals surface area contributed by atoms with Crippen molar-refractivity contribution in [3.05, 3.63) is 53.6 Å². The Labute approximate surface area is 140 Å². The van der Waals surface area contributed by atoms with Crippen molar-refractivity contribution in [1.29, 1.82) is 0 Å². The highest BCUT2D eigenvalue weighted by Gasteiger charge is 2.50. The molecule has 4 rings (SSSR count). The standard InChI is InChI=1S/C19H18N2O3/c1-12-7-8-16-14(11-12)20-17(22)19(2,24-16)18(23)21-10-9-13-5-3-4-6-15(13)21/h3-8,11H,9-10H2,1-2H3,(H,20,22). The van der Waals surface area contributed by atoms with Gasteiger partial charge in [-0.1, -0.05) is 24.3 Å². The van der Waals surface area contributed by atoms with E-state index in [9.17, 15) is 9.59 Å². The van der Waals surface area contributed by atoms with Crippen LogP contribution in [0.5, 0.6) is 5.75 Å². The lowest BCUT2D eigenvalue weighted by atomic mass is 10.00. The monoisotopic (exact) mass is 322 g/mol. The van der Waals surface area contributed by atoms with Crippen molar-refractivity contribution in [3.8, 4) is 5.75 Å². The molecule has 2 amide bonds. The molecule has 1 unspecified atom stereocenters. The maximum absolute atomic E-state index is 13.1. The number of anilines is 2. The van der Waals surface area contributed by atoms with Crippen LogP contribution in [-0.4, -0.2) is 24.0 Å². The number of rotatable bonds is 1. The van der Waals surface area contributed by atoms with Crippen molar-refractivity contribution in [1.82, 2.24) is 0 Å². The zero-order chi connectivity index (χ0) is 16.9. The van der Waals surface area contributed by atoms with Crippen LogP contribution in [0.1, 0.15) is 18.1 Å². The van der Waals surface area contributed by atoms with Crippen LogP contribution < -0.4 is 15.0 Å². The molecule has 1 N–H and O–H groups in total. The Balaban J connectivity index is 1.70. The number of fused-ring (bicyclic) bond motifs is 2. The summed E-state index contributed by atoms with van der Waals surface area (Å²) >= 11 is 0. The lowest BCUT2D eigenvalue weighted by Crippen LogP contribution is -2.59. The molecule has 0 aromatic heterocycles. The Morgan fingerprint density at radius 3 is 2.88 bits per heavy atom. The molecule has 0 saturated heterocycles. The smallest absolute Gasteiger partial charge is 0.280 e. The second-order valence-corrected chi connectivity index (χ2v) is 6.42. The van der Waals surface area contributed by atoms with Gasteiger partial charge >= 0.3 is 0 Å². The number of carbonyl (C=O) groups is 2. The summed E-state index contributed by atoms with van der Waals surface area (Å²) in [4.78, 5) is 27.4. The first-order valence-corrected chi connectivity index (χ1v) is 8.00. The van der Waals surface area contributed by atoms with Crippen LogP contribution in [0.3, 0.4) is 0 Å². The van der Waals surface area contributed by atoms with E-state index in [-0.39, 0.29) is 5.91 Å². The molecule has 0 bridgehead atoms. The van der Waals surface area contributed by atoms with Gasteiger partial charge in [-0.25, -0.2) is 0 Å². The Morgan fingerprint density at radius 2 is 2.04 bits per heavy atom. The molecule has 122 valence electrons. The summed E-state index contributed by atoms with van der Waals surface area (Å²) in [6, 6.07) is 13.3. The largest absolute Gasteiger partial charge is 0.465 e. The zero-order valence-corrected chi connectivity index (χ0v) is 13.6. The molecule has 2 aromatic carbocycles. The molecule has 2 aliphatic rings. The van der Waals surface area contributed by atoms with Gasteiger partial charge in [0.25, 0.3) is 17.4 Å². The van der Waals surface area contributed by atoms with E-state index >= 15 is 0 Å². The van der Waals surface area contributed by atoms with Crippen LogP contribution in [0, 0.1) is 6.92 Å². The van der Waals surface area contributed by atoms with Crippen LogP contribution in [0.2, 0.25) is 0 Å². The highest BCUT2D eigenvalue weighted by Crippen LogP contribution is 2.37. The van der Waals surface area contributed by atoms with Gasteiger partial charge in [0.2, 0.25) is 0 Å². The number of hydrogen-bond acceptors (Lipinski definition) is 3. The SMILES string of the molecule is Cc1ccc2c(c1)NC(=O)C(C)(C(=O)N1CCc3ccccc31)O2. The zero-order valence-electron chi connectivity index (χ0n) is 13.6. The highest BCUT2D eigenvalue weighted by molar-refractivity contribution is 6.20. The fraction of sp³-hybridized carbons (Fsp3) is 0.263. The van der Waals surface area contributed by atoms with Crippen LogP contribution in [0.25, 0.3) is 0 Å². The fourth-order valence-corrected chi connectivity index (χ4v) is 3.29. The van der Waals surface area contributed by atoms with Crippen molar-refractivity contribution in [2.45, 2.75) is 25.9 Å². The summed E-state index contributed by atoms with van der Waals surface area (Å²) in [5.41, 5.74) is 2.02. The Kier molecular flexibility index (Phi) is 3.13. The highest BCUT2D eigenvalue weighted by atomic mass is 16.5. The summed E-state index contributed by atoms with van der Waals surface area (Å²) in [6.07, 6.45) is 0.787. The van der Waals surface area contributed by atoms with Gasteiger partial charge in [-0.2, -0.15) is 0 Å². The predicted molar refractivity (Wildman–Crippen MR) is 91.3 cm³/mol. The minimum Gasteiger partial charge on any atom is -0.465 e. The van der Waals surface area contributed by atoms with Crippen molar-refractivity contribution in [2.24, 2.45) is 0 Å². The lowest BCUT2D eigenvalue weighted by molar-refractivity contribution is -0.144. The first-order valence-electron chi connectivity index (χ1n) is 8.00. The average molecular weight is 322 g/mol. The third-order valence-corrected chi connectivity index (χ3v) is 4.67. The number of amides is 2. The van der Waals surface area contributed by atoms with E-state index in [1.807, 2.05) is 43.3 Å². The number of carbonyl (C=O) groups excluding carboxylic acids is 2. The van der Waals surface area contributed by atoms with Gasteiger partial charge in [0.05, 0.1) is 5.69 Å². The summed E-state index contributed by atoms with van der Waals surface area (Å²) in [6.45, 7) is 4.03. The fourth-order valence-electron chi connectivity index (χ4n) is 3.29. The number of ether oxygens (including phenoxy) is 1. The second-order valence-electron chi connectivity index (χ2n) is 6.42. The number of aryl methyl sites for hydroxylation is 1. The van der Waals surface area contributed by atoms with Gasteiger partial charge in [-0.3, -0.25) is 9.59 Å². The van der Waals surface area contributed by atoms with E-state index in [1.54, 1.807) is 11.0 Å². The van der Waals surface area contributed by atoms with Gasteiger partial charge in [0, 0.05) is 12.2 Å². The predicted octanol–water partition coefficient (Wildman–Crippen LogP) is 2.67. The molecule has 0 radical (unpaired) electrons. The number of para-hydroxylation sites is 1. The van der Waals surface area contributed by atoms with E-state index in [4.69, 9.17) is 4.74 Å². The van der Waals surface area contributed by atoms with Crippen LogP contribution in [-0.2, 0) is 16.0 Å². The average Bonchev–Trinajstić information content (AvgIpc) is 2.99. The molecule has 0 spiro atoms. The first kappa shape index (κ1) is 14.8. The molecule has 2 aliphatic heterocycles. The van der Waals surface area contributed by atoms with E-state index in [0.717, 1.165) is 23.2 Å². The van der Waals surface area contributed by atoms with E-state index in [1.165, 1.54) is 6.92 Å². The third kappa shape index (κ3) is 2.08. The number of nitrogens with one attached hydrogen (secondary N) is 1. The van der Waals surface area contributed by atoms with Crippen LogP contribution in [0.15, 0.2) is 42.5 Å². The van der Waals surface area contributed by atoms with Crippen molar-refractivity contribution in [2.75, 3.05) is 16.8 Å². The van der Waals surface area contributed by atoms with E-state index in [0.29, 0.717) is 18.0 Å². The molecule has 1 atom stereocenters. The van der Waals surface area contributed by atoms with Gasteiger partial charge in [-0.15, -0.1) is 0 Å². The number of nitrogens with zero attached hydrogens (tertiary/aromatic N) is 1. The minimum atomic E-state index is -1.57. The Morgan fingerprint density at radius 1 is 1.25 bits per heavy atom. The molecule has 2 aromatic rings. The molecular formula is C19H18N2O3. The van der Waals surface area contributed by atoms with Crippen LogP contribution in [0.4, 0.5) is 11.4 Å². The second kappa shape index (κ2) is 5.09. The van der Waals surface area contributed by atoms with Crippen LogP contribution >= 0.6 is 0 Å². The third-order valence-electron chi connectivity index (χ3n) is 4.67. The van der Waals surface area contributed by atoms with E-state index < -0.39 is 11.5 Å². The molecule has 5 nitrogen and oxygen atoms in total. The molecule has 0 saturated carbocycles. The van der Waals surface area contributed by atoms with Gasteiger partial charge in [0.1, 0.15) is 5.75 Å². The van der Waals surface area contributed by atoms with Gasteiger partial charge < -0.3 is 15.0 Å². The quantitative estimate of drug-likeness (QED) is 0.821. The topological polar surface area (TPSA) is 58.6 Å². The van der Waals surface area contributed by atoms with Gasteiger partial charge in [-0.05, 0) is 49.6 Å². The summed E-state index contributed by atoms with van der Waals surface area (Å²) < 4.78 is 5.87.